The van der Waals surface area contributed by atoms with E-state index in [9.17, 15) is 13.2 Å². The van der Waals surface area contributed by atoms with E-state index in [1.54, 1.807) is 12.1 Å². The third kappa shape index (κ3) is 4.60. The molecule has 0 spiro atoms. The van der Waals surface area contributed by atoms with Gasteiger partial charge in [0.15, 0.2) is 9.84 Å². The van der Waals surface area contributed by atoms with Gasteiger partial charge >= 0.3 is 5.97 Å². The van der Waals surface area contributed by atoms with Gasteiger partial charge in [-0.25, -0.2) is 8.42 Å². The number of hydrogen-bond donors (Lipinski definition) is 0. The molecule has 0 radical (unpaired) electrons. The Labute approximate surface area is 180 Å². The number of rotatable bonds is 7. The summed E-state index contributed by atoms with van der Waals surface area (Å²) in [5.74, 6) is -0.740. The van der Waals surface area contributed by atoms with Crippen LogP contribution in [0.25, 0.3) is 0 Å². The molecule has 1 fully saturated rings. The van der Waals surface area contributed by atoms with Crippen LogP contribution < -0.4 is 0 Å². The van der Waals surface area contributed by atoms with Gasteiger partial charge in [-0.2, -0.15) is 0 Å². The highest BCUT2D eigenvalue weighted by atomic mass is 32.2. The van der Waals surface area contributed by atoms with Gasteiger partial charge in [-0.05, 0) is 49.9 Å². The van der Waals surface area contributed by atoms with Crippen LogP contribution in [0.3, 0.4) is 0 Å². The number of carbonyl (C=O) groups excluding carboxylic acids is 1. The molecule has 0 aromatic heterocycles. The number of hydrogen-bond acceptors (Lipinski definition) is 5. The number of nitrogens with zero attached hydrogens (tertiary/aromatic N) is 1. The first-order valence-corrected chi connectivity index (χ1v) is 11.9. The predicted octanol–water partition coefficient (Wildman–Crippen LogP) is 4.00. The van der Waals surface area contributed by atoms with Crippen LogP contribution >= 0.6 is 0 Å². The molecule has 0 N–H and O–H groups in total. The zero-order valence-electron chi connectivity index (χ0n) is 18.0. The molecule has 0 amide bonds. The van der Waals surface area contributed by atoms with Crippen LogP contribution in [0, 0.1) is 12.8 Å². The summed E-state index contributed by atoms with van der Waals surface area (Å²) in [5, 5.41) is 0. The number of likely N-dealkylation sites (tertiary alicyclic amines) is 1. The smallest absolute Gasteiger partial charge is 0.305 e. The highest BCUT2D eigenvalue weighted by Gasteiger charge is 2.51. The van der Waals surface area contributed by atoms with Gasteiger partial charge in [0.2, 0.25) is 0 Å². The normalized spacial score (nSPS) is 21.2. The largest absolute Gasteiger partial charge is 0.469 e. The first-order valence-electron chi connectivity index (χ1n) is 10.4. The van der Waals surface area contributed by atoms with E-state index in [2.05, 4.69) is 17.0 Å². The molecule has 2 atom stereocenters. The molecule has 0 aliphatic carbocycles. The molecule has 5 nitrogen and oxygen atoms in total. The zero-order valence-corrected chi connectivity index (χ0v) is 18.8. The van der Waals surface area contributed by atoms with Crippen molar-refractivity contribution in [2.75, 3.05) is 20.2 Å². The third-order valence-electron chi connectivity index (χ3n) is 6.28. The fraction of sp³-hybridized carbons (Fsp3) is 0.458. The first-order chi connectivity index (χ1) is 14.3. The van der Waals surface area contributed by atoms with E-state index in [1.165, 1.54) is 7.11 Å². The third-order valence-corrected chi connectivity index (χ3v) is 8.98. The quantitative estimate of drug-likeness (QED) is 0.623. The minimum atomic E-state index is -3.67. The molecule has 30 heavy (non-hydrogen) atoms. The van der Waals surface area contributed by atoms with Crippen molar-refractivity contribution in [1.29, 1.82) is 0 Å². The van der Waals surface area contributed by atoms with Crippen LogP contribution in [0.1, 0.15) is 37.3 Å². The lowest BCUT2D eigenvalue weighted by atomic mass is 9.83. The number of sulfone groups is 1. The summed E-state index contributed by atoms with van der Waals surface area (Å²) >= 11 is 0. The summed E-state index contributed by atoms with van der Waals surface area (Å²) in [6.07, 6.45) is 1.39. The van der Waals surface area contributed by atoms with Crippen molar-refractivity contribution in [1.82, 2.24) is 4.90 Å². The molecular formula is C24H31NO4S. The fourth-order valence-corrected chi connectivity index (χ4v) is 6.82. The lowest BCUT2D eigenvalue weighted by Crippen LogP contribution is -2.56. The van der Waals surface area contributed by atoms with Crippen molar-refractivity contribution in [3.8, 4) is 0 Å². The number of ether oxygens (including phenoxy) is 1. The fourth-order valence-electron chi connectivity index (χ4n) is 4.47. The first kappa shape index (κ1) is 22.5. The van der Waals surface area contributed by atoms with Gasteiger partial charge in [-0.3, -0.25) is 9.69 Å². The molecule has 6 heteroatoms. The summed E-state index contributed by atoms with van der Waals surface area (Å²) in [5.41, 5.74) is 2.17. The second-order valence-electron chi connectivity index (χ2n) is 8.36. The highest BCUT2D eigenvalue weighted by Crippen LogP contribution is 2.42. The van der Waals surface area contributed by atoms with Gasteiger partial charge in [0.25, 0.3) is 0 Å². The van der Waals surface area contributed by atoms with Crippen LogP contribution in [0.15, 0.2) is 59.5 Å². The van der Waals surface area contributed by atoms with Gasteiger partial charge in [0.1, 0.15) is 0 Å². The monoisotopic (exact) mass is 429 g/mol. The Kier molecular flexibility index (Phi) is 6.98. The maximum absolute atomic E-state index is 14.0. The maximum Gasteiger partial charge on any atom is 0.305 e. The van der Waals surface area contributed by atoms with E-state index < -0.39 is 14.6 Å². The molecule has 0 unspecified atom stereocenters. The lowest BCUT2D eigenvalue weighted by Gasteiger charge is -2.45. The number of esters is 1. The van der Waals surface area contributed by atoms with Crippen LogP contribution in [0.4, 0.5) is 0 Å². The number of carbonyl (C=O) groups is 1. The Balaban J connectivity index is 1.98. The van der Waals surface area contributed by atoms with Crippen molar-refractivity contribution in [3.05, 3.63) is 65.7 Å². The second-order valence-corrected chi connectivity index (χ2v) is 10.7. The SMILES string of the molecule is COC(=O)C[C@H](C)[C@@]1(S(=O)(=O)c2ccc(C)cc2)CCCN(Cc2ccccc2)C1. The average molecular weight is 430 g/mol. The van der Waals surface area contributed by atoms with Gasteiger partial charge < -0.3 is 4.74 Å². The highest BCUT2D eigenvalue weighted by molar-refractivity contribution is 7.93. The van der Waals surface area contributed by atoms with E-state index >= 15 is 0 Å². The Hall–Kier alpha value is -2.18. The molecule has 162 valence electrons. The van der Waals surface area contributed by atoms with Crippen molar-refractivity contribution in [3.63, 3.8) is 0 Å². The molecule has 1 aliphatic heterocycles. The van der Waals surface area contributed by atoms with Crippen molar-refractivity contribution >= 4 is 15.8 Å². The summed E-state index contributed by atoms with van der Waals surface area (Å²) < 4.78 is 31.7. The predicted molar refractivity (Wildman–Crippen MR) is 118 cm³/mol. The molecule has 2 aromatic rings. The number of methoxy groups -OCH3 is 1. The van der Waals surface area contributed by atoms with E-state index in [-0.39, 0.29) is 18.3 Å². The number of aryl methyl sites for hydroxylation is 1. The van der Waals surface area contributed by atoms with Crippen LogP contribution in [0.2, 0.25) is 0 Å². The Morgan fingerprint density at radius 1 is 1.13 bits per heavy atom. The summed E-state index contributed by atoms with van der Waals surface area (Å²) in [7, 11) is -2.32. The number of benzene rings is 2. The van der Waals surface area contributed by atoms with Crippen molar-refractivity contribution < 1.29 is 17.9 Å². The average Bonchev–Trinajstić information content (AvgIpc) is 2.74. The van der Waals surface area contributed by atoms with E-state index in [4.69, 9.17) is 4.74 Å². The minimum absolute atomic E-state index is 0.0841. The molecule has 1 aliphatic rings. The van der Waals surface area contributed by atoms with Crippen LogP contribution in [-0.4, -0.2) is 44.2 Å². The molecule has 3 rings (SSSR count). The number of piperidine rings is 1. The van der Waals surface area contributed by atoms with Gasteiger partial charge in [-0.1, -0.05) is 55.0 Å². The summed E-state index contributed by atoms with van der Waals surface area (Å²) in [6.45, 7) is 5.74. The molecule has 1 heterocycles. The Bertz CT molecular complexity index is 956. The van der Waals surface area contributed by atoms with Crippen molar-refractivity contribution in [2.24, 2.45) is 5.92 Å². The Morgan fingerprint density at radius 2 is 1.80 bits per heavy atom. The molecule has 0 saturated carbocycles. The molecular weight excluding hydrogens is 398 g/mol. The van der Waals surface area contributed by atoms with Crippen LogP contribution in [-0.2, 0) is 25.9 Å². The minimum Gasteiger partial charge on any atom is -0.469 e. The molecule has 2 aromatic carbocycles. The van der Waals surface area contributed by atoms with Crippen molar-refractivity contribution in [2.45, 2.75) is 49.3 Å². The van der Waals surface area contributed by atoms with E-state index in [0.717, 1.165) is 24.1 Å². The summed E-state index contributed by atoms with van der Waals surface area (Å²) in [6, 6.07) is 17.1. The van der Waals surface area contributed by atoms with Gasteiger partial charge in [0.05, 0.1) is 16.8 Å². The Morgan fingerprint density at radius 3 is 2.43 bits per heavy atom. The second kappa shape index (κ2) is 9.31. The van der Waals surface area contributed by atoms with E-state index in [1.807, 2.05) is 44.2 Å². The van der Waals surface area contributed by atoms with E-state index in [0.29, 0.717) is 24.4 Å². The van der Waals surface area contributed by atoms with Gasteiger partial charge in [-0.15, -0.1) is 0 Å². The molecule has 1 saturated heterocycles. The van der Waals surface area contributed by atoms with Crippen LogP contribution in [0.5, 0.6) is 0 Å². The van der Waals surface area contributed by atoms with Gasteiger partial charge in [0, 0.05) is 19.5 Å². The summed E-state index contributed by atoms with van der Waals surface area (Å²) in [4.78, 5) is 14.6. The topological polar surface area (TPSA) is 63.7 Å². The molecule has 0 bridgehead atoms. The maximum atomic E-state index is 14.0. The standard InChI is InChI=1S/C24H31NO4S/c1-19-10-12-22(13-11-19)30(27,28)24(20(2)16-23(26)29-3)14-7-15-25(18-24)17-21-8-5-4-6-9-21/h4-6,8-13,20H,7,14-18H2,1-3H3/t20-,24+/m0/s1. The zero-order chi connectivity index (χ0) is 21.8. The lowest BCUT2D eigenvalue weighted by molar-refractivity contribution is -0.142.